The van der Waals surface area contributed by atoms with Gasteiger partial charge in [-0.3, -0.25) is 0 Å². The second kappa shape index (κ2) is 5.31. The molecule has 0 saturated carbocycles. The summed E-state index contributed by atoms with van der Waals surface area (Å²) in [6.45, 7) is 12.3. The molecule has 1 atom stereocenters. The molecule has 1 aromatic rings. The quantitative estimate of drug-likeness (QED) is 0.879. The highest BCUT2D eigenvalue weighted by Crippen LogP contribution is 2.23. The summed E-state index contributed by atoms with van der Waals surface area (Å²) in [4.78, 5) is 2.49. The SMILES string of the molecule is CC1CCN(c2ccc(CNC(C)(C)C)cc2)C1. The van der Waals surface area contributed by atoms with Crippen molar-refractivity contribution in [3.05, 3.63) is 29.8 Å². The van der Waals surface area contributed by atoms with Crippen molar-refractivity contribution < 1.29 is 0 Å². The summed E-state index contributed by atoms with van der Waals surface area (Å²) in [7, 11) is 0. The zero-order chi connectivity index (χ0) is 13.2. The molecule has 2 rings (SSSR count). The maximum atomic E-state index is 3.52. The molecule has 1 unspecified atom stereocenters. The number of nitrogens with one attached hydrogen (secondary N) is 1. The lowest BCUT2D eigenvalue weighted by Crippen LogP contribution is -2.35. The van der Waals surface area contributed by atoms with Gasteiger partial charge in [-0.2, -0.15) is 0 Å². The second-order valence-electron chi connectivity index (χ2n) is 6.61. The average molecular weight is 246 g/mol. The number of hydrogen-bond acceptors (Lipinski definition) is 2. The molecule has 2 nitrogen and oxygen atoms in total. The van der Waals surface area contributed by atoms with Gasteiger partial charge >= 0.3 is 0 Å². The van der Waals surface area contributed by atoms with Crippen LogP contribution in [-0.2, 0) is 6.54 Å². The van der Waals surface area contributed by atoms with E-state index in [1.807, 2.05) is 0 Å². The number of rotatable bonds is 3. The Morgan fingerprint density at radius 1 is 1.22 bits per heavy atom. The minimum absolute atomic E-state index is 0.184. The molecule has 0 aromatic heterocycles. The van der Waals surface area contributed by atoms with Crippen LogP contribution in [0.4, 0.5) is 5.69 Å². The van der Waals surface area contributed by atoms with Gasteiger partial charge in [0.25, 0.3) is 0 Å². The molecule has 1 fully saturated rings. The Morgan fingerprint density at radius 2 is 1.89 bits per heavy atom. The normalized spacial score (nSPS) is 20.4. The first-order valence-electron chi connectivity index (χ1n) is 7.03. The predicted molar refractivity (Wildman–Crippen MR) is 79.0 cm³/mol. The van der Waals surface area contributed by atoms with E-state index in [-0.39, 0.29) is 5.54 Å². The summed E-state index contributed by atoms with van der Waals surface area (Å²) in [5, 5.41) is 3.52. The Morgan fingerprint density at radius 3 is 2.39 bits per heavy atom. The fourth-order valence-corrected chi connectivity index (χ4v) is 2.36. The van der Waals surface area contributed by atoms with Gasteiger partial charge in [-0.05, 0) is 50.8 Å². The van der Waals surface area contributed by atoms with Crippen molar-refractivity contribution in [1.29, 1.82) is 0 Å². The molecular formula is C16H26N2. The van der Waals surface area contributed by atoms with Gasteiger partial charge in [0.05, 0.1) is 0 Å². The molecule has 18 heavy (non-hydrogen) atoms. The van der Waals surface area contributed by atoms with E-state index in [4.69, 9.17) is 0 Å². The molecule has 1 aromatic carbocycles. The maximum Gasteiger partial charge on any atom is 0.0366 e. The van der Waals surface area contributed by atoms with E-state index in [2.05, 4.69) is 62.2 Å². The first kappa shape index (κ1) is 13.4. The van der Waals surface area contributed by atoms with Gasteiger partial charge in [0, 0.05) is 30.9 Å². The molecule has 0 spiro atoms. The van der Waals surface area contributed by atoms with Crippen LogP contribution in [0.5, 0.6) is 0 Å². The topological polar surface area (TPSA) is 15.3 Å². The van der Waals surface area contributed by atoms with Crippen molar-refractivity contribution in [2.24, 2.45) is 5.92 Å². The minimum Gasteiger partial charge on any atom is -0.371 e. The molecule has 0 bridgehead atoms. The van der Waals surface area contributed by atoms with E-state index in [1.54, 1.807) is 0 Å². The fourth-order valence-electron chi connectivity index (χ4n) is 2.36. The van der Waals surface area contributed by atoms with Gasteiger partial charge in [-0.25, -0.2) is 0 Å². The van der Waals surface area contributed by atoms with Crippen LogP contribution in [-0.4, -0.2) is 18.6 Å². The molecule has 1 saturated heterocycles. The van der Waals surface area contributed by atoms with Crippen LogP contribution in [0.1, 0.15) is 39.7 Å². The average Bonchev–Trinajstić information content (AvgIpc) is 2.73. The summed E-state index contributed by atoms with van der Waals surface area (Å²) >= 11 is 0. The Bertz CT molecular complexity index is 375. The van der Waals surface area contributed by atoms with Crippen molar-refractivity contribution in [1.82, 2.24) is 5.32 Å². The third kappa shape index (κ3) is 3.74. The van der Waals surface area contributed by atoms with E-state index in [1.165, 1.54) is 30.8 Å². The Hall–Kier alpha value is -1.02. The monoisotopic (exact) mass is 246 g/mol. The van der Waals surface area contributed by atoms with Crippen molar-refractivity contribution >= 4 is 5.69 Å². The summed E-state index contributed by atoms with van der Waals surface area (Å²) in [6, 6.07) is 9.02. The van der Waals surface area contributed by atoms with Gasteiger partial charge in [-0.15, -0.1) is 0 Å². The molecule has 2 heteroatoms. The van der Waals surface area contributed by atoms with Gasteiger partial charge in [0.15, 0.2) is 0 Å². The number of hydrogen-bond donors (Lipinski definition) is 1. The van der Waals surface area contributed by atoms with Gasteiger partial charge in [-0.1, -0.05) is 19.1 Å². The lowest BCUT2D eigenvalue weighted by atomic mass is 10.1. The maximum absolute atomic E-state index is 3.52. The third-order valence-electron chi connectivity index (χ3n) is 3.55. The largest absolute Gasteiger partial charge is 0.371 e. The first-order chi connectivity index (χ1) is 8.44. The standard InChI is InChI=1S/C16H26N2/c1-13-9-10-18(12-13)15-7-5-14(6-8-15)11-17-16(2,3)4/h5-8,13,17H,9-12H2,1-4H3. The van der Waals surface area contributed by atoms with Gasteiger partial charge in [0.2, 0.25) is 0 Å². The van der Waals surface area contributed by atoms with E-state index in [9.17, 15) is 0 Å². The summed E-state index contributed by atoms with van der Waals surface area (Å²) in [5.41, 5.74) is 2.92. The van der Waals surface area contributed by atoms with Crippen LogP contribution in [0, 0.1) is 5.92 Å². The van der Waals surface area contributed by atoms with Crippen molar-refractivity contribution in [3.63, 3.8) is 0 Å². The van der Waals surface area contributed by atoms with Crippen molar-refractivity contribution in [2.45, 2.75) is 46.2 Å². The van der Waals surface area contributed by atoms with Crippen LogP contribution >= 0.6 is 0 Å². The van der Waals surface area contributed by atoms with Crippen LogP contribution < -0.4 is 10.2 Å². The van der Waals surface area contributed by atoms with E-state index in [0.29, 0.717) is 0 Å². The molecule has 100 valence electrons. The van der Waals surface area contributed by atoms with Crippen LogP contribution in [0.25, 0.3) is 0 Å². The summed E-state index contributed by atoms with van der Waals surface area (Å²) in [5.74, 6) is 0.840. The van der Waals surface area contributed by atoms with Crippen LogP contribution in [0.15, 0.2) is 24.3 Å². The Balaban J connectivity index is 1.93. The number of benzene rings is 1. The zero-order valence-corrected chi connectivity index (χ0v) is 12.2. The third-order valence-corrected chi connectivity index (χ3v) is 3.55. The van der Waals surface area contributed by atoms with E-state index >= 15 is 0 Å². The van der Waals surface area contributed by atoms with Gasteiger partial charge < -0.3 is 10.2 Å². The van der Waals surface area contributed by atoms with Crippen LogP contribution in [0.3, 0.4) is 0 Å². The molecule has 0 radical (unpaired) electrons. The lowest BCUT2D eigenvalue weighted by Gasteiger charge is -2.21. The van der Waals surface area contributed by atoms with E-state index in [0.717, 1.165) is 12.5 Å². The number of nitrogens with zero attached hydrogens (tertiary/aromatic N) is 1. The fraction of sp³-hybridized carbons (Fsp3) is 0.625. The smallest absolute Gasteiger partial charge is 0.0366 e. The molecule has 0 aliphatic carbocycles. The molecule has 1 aliphatic heterocycles. The molecule has 1 heterocycles. The second-order valence-corrected chi connectivity index (χ2v) is 6.61. The highest BCUT2D eigenvalue weighted by Gasteiger charge is 2.18. The van der Waals surface area contributed by atoms with E-state index < -0.39 is 0 Å². The summed E-state index contributed by atoms with van der Waals surface area (Å²) in [6.07, 6.45) is 1.33. The Labute approximate surface area is 111 Å². The molecule has 1 aliphatic rings. The highest BCUT2D eigenvalue weighted by atomic mass is 15.1. The zero-order valence-electron chi connectivity index (χ0n) is 12.2. The summed E-state index contributed by atoms with van der Waals surface area (Å²) < 4.78 is 0. The first-order valence-corrected chi connectivity index (χ1v) is 7.03. The highest BCUT2D eigenvalue weighted by molar-refractivity contribution is 5.48. The van der Waals surface area contributed by atoms with Gasteiger partial charge in [0.1, 0.15) is 0 Å². The molecule has 0 amide bonds. The van der Waals surface area contributed by atoms with Crippen molar-refractivity contribution in [3.8, 4) is 0 Å². The minimum atomic E-state index is 0.184. The van der Waals surface area contributed by atoms with Crippen molar-refractivity contribution in [2.75, 3.05) is 18.0 Å². The lowest BCUT2D eigenvalue weighted by molar-refractivity contribution is 0.424. The number of anilines is 1. The molecular weight excluding hydrogens is 220 g/mol. The van der Waals surface area contributed by atoms with Crippen LogP contribution in [0.2, 0.25) is 0 Å². The molecule has 1 N–H and O–H groups in total. The predicted octanol–water partition coefficient (Wildman–Crippen LogP) is 3.42. The Kier molecular flexibility index (Phi) is 3.96.